The van der Waals surface area contributed by atoms with Crippen LogP contribution in [0.3, 0.4) is 0 Å². The third kappa shape index (κ3) is 1.57. The lowest BCUT2D eigenvalue weighted by atomic mass is 10.2. The van der Waals surface area contributed by atoms with Crippen LogP contribution in [-0.2, 0) is 0 Å². The standard InChI is InChI=1S/C9H18N2/c1-10-7-4-9(8-10)11-5-2-3-6-11/h9-10H,1-8H2. The van der Waals surface area contributed by atoms with Gasteiger partial charge in [-0.1, -0.05) is 0 Å². The molecule has 2 unspecified atom stereocenters. The molecule has 2 atom stereocenters. The molecule has 0 bridgehead atoms. The first-order valence-corrected chi connectivity index (χ1v) is 4.77. The quantitative estimate of drug-likeness (QED) is 0.502. The first kappa shape index (κ1) is 7.56. The van der Waals surface area contributed by atoms with Crippen LogP contribution in [0.1, 0.15) is 19.3 Å². The van der Waals surface area contributed by atoms with Crippen LogP contribution in [0, 0.1) is 7.05 Å². The van der Waals surface area contributed by atoms with Gasteiger partial charge in [-0.2, -0.15) is 7.05 Å². The van der Waals surface area contributed by atoms with Gasteiger partial charge in [0.2, 0.25) is 0 Å². The van der Waals surface area contributed by atoms with Crippen LogP contribution < -0.4 is 4.90 Å². The highest BCUT2D eigenvalue weighted by Gasteiger charge is 2.27. The van der Waals surface area contributed by atoms with E-state index in [1.807, 2.05) is 0 Å². The molecule has 0 saturated carbocycles. The lowest BCUT2D eigenvalue weighted by Gasteiger charge is -2.22. The normalized spacial score (nSPS) is 40.1. The molecule has 1 N–H and O–H groups in total. The van der Waals surface area contributed by atoms with Crippen molar-refractivity contribution in [2.24, 2.45) is 0 Å². The summed E-state index contributed by atoms with van der Waals surface area (Å²) in [7, 11) is 4.05. The number of likely N-dealkylation sites (tertiary alicyclic amines) is 2. The van der Waals surface area contributed by atoms with Crippen molar-refractivity contribution in [1.82, 2.24) is 4.90 Å². The number of quaternary nitrogens is 1. The number of hydrogen-bond donors (Lipinski definition) is 1. The molecule has 0 aliphatic carbocycles. The SMILES string of the molecule is [CH2-][NH+]1CCC(N2CCCC2)C1. The van der Waals surface area contributed by atoms with Crippen molar-refractivity contribution in [2.45, 2.75) is 25.3 Å². The average molecular weight is 154 g/mol. The van der Waals surface area contributed by atoms with Gasteiger partial charge < -0.3 is 4.90 Å². The van der Waals surface area contributed by atoms with E-state index in [1.54, 1.807) is 0 Å². The minimum atomic E-state index is 0.866. The molecule has 0 aromatic heterocycles. The van der Waals surface area contributed by atoms with E-state index in [0.717, 1.165) is 6.04 Å². The molecule has 0 spiro atoms. The molecule has 0 aromatic carbocycles. The van der Waals surface area contributed by atoms with E-state index in [-0.39, 0.29) is 0 Å². The number of hydrogen-bond acceptors (Lipinski definition) is 1. The monoisotopic (exact) mass is 154 g/mol. The third-order valence-corrected chi connectivity index (χ3v) is 3.01. The Balaban J connectivity index is 1.85. The Morgan fingerprint density at radius 3 is 2.55 bits per heavy atom. The van der Waals surface area contributed by atoms with Gasteiger partial charge in [-0.3, -0.25) is 4.90 Å². The van der Waals surface area contributed by atoms with Crippen LogP contribution >= 0.6 is 0 Å². The highest BCUT2D eigenvalue weighted by atomic mass is 15.2. The second-order valence-electron chi connectivity index (χ2n) is 3.89. The molecule has 2 aliphatic heterocycles. The highest BCUT2D eigenvalue weighted by Crippen LogP contribution is 2.14. The molecule has 2 nitrogen and oxygen atoms in total. The molecule has 2 saturated heterocycles. The van der Waals surface area contributed by atoms with E-state index in [1.165, 1.54) is 50.3 Å². The highest BCUT2D eigenvalue weighted by molar-refractivity contribution is 4.77. The van der Waals surface area contributed by atoms with Gasteiger partial charge >= 0.3 is 0 Å². The molecule has 2 aliphatic rings. The Morgan fingerprint density at radius 2 is 2.00 bits per heavy atom. The van der Waals surface area contributed by atoms with Gasteiger partial charge in [-0.15, -0.1) is 0 Å². The minimum absolute atomic E-state index is 0.866. The molecule has 11 heavy (non-hydrogen) atoms. The lowest BCUT2D eigenvalue weighted by Crippen LogP contribution is -3.05. The van der Waals surface area contributed by atoms with E-state index in [4.69, 9.17) is 0 Å². The second kappa shape index (κ2) is 3.11. The van der Waals surface area contributed by atoms with Gasteiger partial charge in [-0.05, 0) is 25.9 Å². The predicted molar refractivity (Wildman–Crippen MR) is 45.3 cm³/mol. The first-order chi connectivity index (χ1) is 5.36. The minimum Gasteiger partial charge on any atom is -0.466 e. The van der Waals surface area contributed by atoms with Crippen LogP contribution in [0.25, 0.3) is 0 Å². The van der Waals surface area contributed by atoms with Gasteiger partial charge in [0.15, 0.2) is 0 Å². The Bertz CT molecular complexity index is 130. The number of rotatable bonds is 1. The summed E-state index contributed by atoms with van der Waals surface area (Å²) in [6.07, 6.45) is 4.21. The first-order valence-electron chi connectivity index (χ1n) is 4.77. The molecule has 0 aromatic rings. The van der Waals surface area contributed by atoms with Gasteiger partial charge in [-0.25, -0.2) is 0 Å². The molecular formula is C9H18N2. The van der Waals surface area contributed by atoms with Gasteiger partial charge in [0.05, 0.1) is 19.1 Å². The Morgan fingerprint density at radius 1 is 1.27 bits per heavy atom. The molecule has 2 fully saturated rings. The van der Waals surface area contributed by atoms with Crippen LogP contribution in [0.5, 0.6) is 0 Å². The predicted octanol–water partition coefficient (Wildman–Crippen LogP) is -0.469. The summed E-state index contributed by atoms with van der Waals surface area (Å²) < 4.78 is 0. The van der Waals surface area contributed by atoms with Crippen LogP contribution in [-0.4, -0.2) is 37.1 Å². The van der Waals surface area contributed by atoms with E-state index in [2.05, 4.69) is 11.9 Å². The molecule has 2 heterocycles. The summed E-state index contributed by atoms with van der Waals surface area (Å²) in [6.45, 7) is 5.25. The van der Waals surface area contributed by atoms with E-state index >= 15 is 0 Å². The van der Waals surface area contributed by atoms with Crippen molar-refractivity contribution in [3.8, 4) is 0 Å². The molecule has 64 valence electrons. The van der Waals surface area contributed by atoms with Crippen molar-refractivity contribution in [3.63, 3.8) is 0 Å². The fourth-order valence-electron chi connectivity index (χ4n) is 2.33. The van der Waals surface area contributed by atoms with Gasteiger partial charge in [0.25, 0.3) is 0 Å². The van der Waals surface area contributed by atoms with Gasteiger partial charge in [0.1, 0.15) is 0 Å². The van der Waals surface area contributed by atoms with Crippen molar-refractivity contribution in [3.05, 3.63) is 7.05 Å². The molecule has 2 rings (SSSR count). The van der Waals surface area contributed by atoms with Crippen molar-refractivity contribution < 1.29 is 4.90 Å². The Labute approximate surface area is 69.2 Å². The molecule has 2 heteroatoms. The Hall–Kier alpha value is -0.0800. The summed E-state index contributed by atoms with van der Waals surface area (Å²) >= 11 is 0. The maximum atomic E-state index is 4.05. The van der Waals surface area contributed by atoms with E-state index < -0.39 is 0 Å². The smallest absolute Gasteiger partial charge is 0.0691 e. The summed E-state index contributed by atoms with van der Waals surface area (Å²) in [5, 5.41) is 0. The van der Waals surface area contributed by atoms with E-state index in [9.17, 15) is 0 Å². The molecule has 0 radical (unpaired) electrons. The number of nitrogens with zero attached hydrogens (tertiary/aromatic N) is 1. The maximum Gasteiger partial charge on any atom is 0.0691 e. The summed E-state index contributed by atoms with van der Waals surface area (Å²) in [5.74, 6) is 0. The van der Waals surface area contributed by atoms with Crippen molar-refractivity contribution >= 4 is 0 Å². The molecule has 0 amide bonds. The van der Waals surface area contributed by atoms with Crippen LogP contribution in [0.2, 0.25) is 0 Å². The largest absolute Gasteiger partial charge is 0.466 e. The van der Waals surface area contributed by atoms with Crippen LogP contribution in [0.4, 0.5) is 0 Å². The topological polar surface area (TPSA) is 7.68 Å². The third-order valence-electron chi connectivity index (χ3n) is 3.01. The zero-order chi connectivity index (χ0) is 7.68. The van der Waals surface area contributed by atoms with E-state index in [0.29, 0.717) is 0 Å². The molecular weight excluding hydrogens is 136 g/mol. The Kier molecular flexibility index (Phi) is 2.14. The number of nitrogens with one attached hydrogen (secondary N) is 1. The zero-order valence-corrected chi connectivity index (χ0v) is 7.18. The summed E-state index contributed by atoms with van der Waals surface area (Å²) in [4.78, 5) is 4.12. The van der Waals surface area contributed by atoms with Crippen LogP contribution in [0.15, 0.2) is 0 Å². The van der Waals surface area contributed by atoms with Crippen molar-refractivity contribution in [2.75, 3.05) is 26.2 Å². The average Bonchev–Trinajstić information content (AvgIpc) is 2.55. The zero-order valence-electron chi connectivity index (χ0n) is 7.18. The fraction of sp³-hybridized carbons (Fsp3) is 0.889. The second-order valence-corrected chi connectivity index (χ2v) is 3.89. The maximum absolute atomic E-state index is 4.05. The van der Waals surface area contributed by atoms with Gasteiger partial charge in [0, 0.05) is 6.42 Å². The lowest BCUT2D eigenvalue weighted by molar-refractivity contribution is -0.840. The van der Waals surface area contributed by atoms with Crippen molar-refractivity contribution in [1.29, 1.82) is 0 Å². The summed E-state index contributed by atoms with van der Waals surface area (Å²) in [6, 6.07) is 0.866. The summed E-state index contributed by atoms with van der Waals surface area (Å²) in [5.41, 5.74) is 0. The fourth-order valence-corrected chi connectivity index (χ4v) is 2.33.